The van der Waals surface area contributed by atoms with Gasteiger partial charge in [-0.1, -0.05) is 26.7 Å². The van der Waals surface area contributed by atoms with Crippen LogP contribution in [0.2, 0.25) is 0 Å². The quantitative estimate of drug-likeness (QED) is 0.780. The summed E-state index contributed by atoms with van der Waals surface area (Å²) in [6.07, 6.45) is 7.07. The minimum atomic E-state index is 0.717. The maximum absolute atomic E-state index is 3.75. The van der Waals surface area contributed by atoms with Crippen LogP contribution in [0.4, 0.5) is 0 Å². The molecule has 0 aromatic rings. The van der Waals surface area contributed by atoms with Gasteiger partial charge in [0.1, 0.15) is 0 Å². The summed E-state index contributed by atoms with van der Waals surface area (Å²) in [5, 5.41) is 3.75. The minimum absolute atomic E-state index is 0.717. The molecule has 2 heteroatoms. The first-order valence-corrected chi connectivity index (χ1v) is 8.07. The van der Waals surface area contributed by atoms with Crippen molar-refractivity contribution in [3.8, 4) is 0 Å². The van der Waals surface area contributed by atoms with Crippen LogP contribution in [0.15, 0.2) is 0 Å². The summed E-state index contributed by atoms with van der Waals surface area (Å²) in [7, 11) is 0. The standard InChI is InChI=1S/C16H32N2/c1-12(2)6-5-7-13(3)18-11-16(15-8-9-15)17-10-14(18)4/h12-17H,5-11H2,1-4H3. The summed E-state index contributed by atoms with van der Waals surface area (Å²) in [4.78, 5) is 2.76. The summed E-state index contributed by atoms with van der Waals surface area (Å²) in [6, 6.07) is 2.27. The Balaban J connectivity index is 1.77. The van der Waals surface area contributed by atoms with Gasteiger partial charge in [-0.2, -0.15) is 0 Å². The zero-order valence-electron chi connectivity index (χ0n) is 12.8. The minimum Gasteiger partial charge on any atom is -0.311 e. The van der Waals surface area contributed by atoms with Crippen molar-refractivity contribution in [2.45, 2.75) is 77.9 Å². The second-order valence-corrected chi connectivity index (χ2v) is 7.07. The smallest absolute Gasteiger partial charge is 0.0224 e. The molecule has 0 aromatic carbocycles. The van der Waals surface area contributed by atoms with E-state index < -0.39 is 0 Å². The lowest BCUT2D eigenvalue weighted by molar-refractivity contribution is 0.0866. The van der Waals surface area contributed by atoms with E-state index in [1.54, 1.807) is 0 Å². The topological polar surface area (TPSA) is 15.3 Å². The van der Waals surface area contributed by atoms with Crippen molar-refractivity contribution in [2.75, 3.05) is 13.1 Å². The fraction of sp³-hybridized carbons (Fsp3) is 1.00. The molecule has 0 amide bonds. The van der Waals surface area contributed by atoms with E-state index >= 15 is 0 Å². The molecule has 2 nitrogen and oxygen atoms in total. The van der Waals surface area contributed by atoms with Gasteiger partial charge in [0.15, 0.2) is 0 Å². The third-order valence-corrected chi connectivity index (χ3v) is 4.81. The number of nitrogens with one attached hydrogen (secondary N) is 1. The molecule has 2 fully saturated rings. The van der Waals surface area contributed by atoms with E-state index in [0.29, 0.717) is 6.04 Å². The van der Waals surface area contributed by atoms with Gasteiger partial charge < -0.3 is 5.32 Å². The highest BCUT2D eigenvalue weighted by Gasteiger charge is 2.37. The Kier molecular flexibility index (Phi) is 5.08. The maximum atomic E-state index is 3.75. The van der Waals surface area contributed by atoms with E-state index in [4.69, 9.17) is 0 Å². The molecule has 3 unspecified atom stereocenters. The monoisotopic (exact) mass is 252 g/mol. The van der Waals surface area contributed by atoms with Crippen LogP contribution in [-0.4, -0.2) is 36.1 Å². The van der Waals surface area contributed by atoms with E-state index in [9.17, 15) is 0 Å². The van der Waals surface area contributed by atoms with Crippen molar-refractivity contribution in [3.63, 3.8) is 0 Å². The largest absolute Gasteiger partial charge is 0.311 e. The molecule has 1 aliphatic heterocycles. The van der Waals surface area contributed by atoms with Crippen LogP contribution in [0.1, 0.15) is 59.8 Å². The van der Waals surface area contributed by atoms with Crippen LogP contribution in [-0.2, 0) is 0 Å². The summed E-state index contributed by atoms with van der Waals surface area (Å²) < 4.78 is 0. The fourth-order valence-electron chi connectivity index (χ4n) is 3.33. The molecule has 1 saturated carbocycles. The predicted octanol–water partition coefficient (Wildman–Crippen LogP) is 3.27. The number of rotatable bonds is 6. The Morgan fingerprint density at radius 2 is 1.89 bits per heavy atom. The molecule has 2 aliphatic rings. The number of nitrogens with zero attached hydrogens (tertiary/aromatic N) is 1. The van der Waals surface area contributed by atoms with Crippen LogP contribution in [0.25, 0.3) is 0 Å². The van der Waals surface area contributed by atoms with Gasteiger partial charge in [0, 0.05) is 31.2 Å². The molecule has 1 aliphatic carbocycles. The molecule has 0 radical (unpaired) electrons. The molecular weight excluding hydrogens is 220 g/mol. The average Bonchev–Trinajstić information content (AvgIpc) is 3.13. The summed E-state index contributed by atoms with van der Waals surface area (Å²) in [5.74, 6) is 1.85. The lowest BCUT2D eigenvalue weighted by atomic mass is 9.99. The third-order valence-electron chi connectivity index (χ3n) is 4.81. The zero-order valence-corrected chi connectivity index (χ0v) is 12.8. The van der Waals surface area contributed by atoms with Gasteiger partial charge in [-0.25, -0.2) is 0 Å². The first-order chi connectivity index (χ1) is 8.58. The van der Waals surface area contributed by atoms with Crippen molar-refractivity contribution in [3.05, 3.63) is 0 Å². The van der Waals surface area contributed by atoms with Crippen LogP contribution < -0.4 is 5.32 Å². The van der Waals surface area contributed by atoms with Crippen LogP contribution in [0.5, 0.6) is 0 Å². The van der Waals surface area contributed by atoms with Crippen molar-refractivity contribution in [2.24, 2.45) is 11.8 Å². The maximum Gasteiger partial charge on any atom is 0.0224 e. The third kappa shape index (κ3) is 3.96. The molecule has 106 valence electrons. The normalized spacial score (nSPS) is 31.8. The van der Waals surface area contributed by atoms with Gasteiger partial charge in [0.05, 0.1) is 0 Å². The summed E-state index contributed by atoms with van der Waals surface area (Å²) in [5.41, 5.74) is 0. The lowest BCUT2D eigenvalue weighted by Gasteiger charge is -2.42. The first-order valence-electron chi connectivity index (χ1n) is 8.07. The molecule has 0 aromatic heterocycles. The van der Waals surface area contributed by atoms with Crippen molar-refractivity contribution in [1.29, 1.82) is 0 Å². The molecule has 1 saturated heterocycles. The van der Waals surface area contributed by atoms with Gasteiger partial charge in [0.25, 0.3) is 0 Å². The average molecular weight is 252 g/mol. The van der Waals surface area contributed by atoms with Gasteiger partial charge in [-0.15, -0.1) is 0 Å². The van der Waals surface area contributed by atoms with Crippen LogP contribution in [0.3, 0.4) is 0 Å². The second kappa shape index (κ2) is 6.38. The highest BCUT2D eigenvalue weighted by Crippen LogP contribution is 2.34. The molecule has 3 atom stereocenters. The van der Waals surface area contributed by atoms with Crippen LogP contribution >= 0.6 is 0 Å². The van der Waals surface area contributed by atoms with Crippen molar-refractivity contribution >= 4 is 0 Å². The molecule has 0 bridgehead atoms. The SMILES string of the molecule is CC(C)CCCC(C)N1CC(C2CC2)NCC1C. The van der Waals surface area contributed by atoms with Gasteiger partial charge in [-0.3, -0.25) is 4.90 Å². The highest BCUT2D eigenvalue weighted by atomic mass is 15.2. The molecule has 1 heterocycles. The first kappa shape index (κ1) is 14.3. The number of hydrogen-bond donors (Lipinski definition) is 1. The van der Waals surface area contributed by atoms with E-state index in [2.05, 4.69) is 37.9 Å². The highest BCUT2D eigenvalue weighted by molar-refractivity contribution is 4.94. The summed E-state index contributed by atoms with van der Waals surface area (Å²) >= 11 is 0. The number of hydrogen-bond acceptors (Lipinski definition) is 2. The Morgan fingerprint density at radius 3 is 2.50 bits per heavy atom. The molecule has 1 N–H and O–H groups in total. The van der Waals surface area contributed by atoms with Gasteiger partial charge >= 0.3 is 0 Å². The molecule has 0 spiro atoms. The second-order valence-electron chi connectivity index (χ2n) is 7.07. The zero-order chi connectivity index (χ0) is 13.1. The molecule has 2 rings (SSSR count). The van der Waals surface area contributed by atoms with Crippen molar-refractivity contribution in [1.82, 2.24) is 10.2 Å². The Bertz CT molecular complexity index is 247. The molecular formula is C16H32N2. The van der Waals surface area contributed by atoms with E-state index in [1.165, 1.54) is 45.2 Å². The Morgan fingerprint density at radius 1 is 1.17 bits per heavy atom. The summed E-state index contributed by atoms with van der Waals surface area (Å²) in [6.45, 7) is 12.0. The van der Waals surface area contributed by atoms with Gasteiger partial charge in [-0.05, 0) is 44.9 Å². The molecule has 18 heavy (non-hydrogen) atoms. The Labute approximate surface area is 114 Å². The predicted molar refractivity (Wildman–Crippen MR) is 78.8 cm³/mol. The van der Waals surface area contributed by atoms with Crippen LogP contribution in [0, 0.1) is 11.8 Å². The van der Waals surface area contributed by atoms with E-state index in [-0.39, 0.29) is 0 Å². The van der Waals surface area contributed by atoms with Crippen molar-refractivity contribution < 1.29 is 0 Å². The number of piperazine rings is 1. The lowest BCUT2D eigenvalue weighted by Crippen LogP contribution is -2.58. The fourth-order valence-corrected chi connectivity index (χ4v) is 3.33. The van der Waals surface area contributed by atoms with Gasteiger partial charge in [0.2, 0.25) is 0 Å². The van der Waals surface area contributed by atoms with E-state index in [0.717, 1.165) is 23.9 Å². The van der Waals surface area contributed by atoms with E-state index in [1.807, 2.05) is 0 Å². The Hall–Kier alpha value is -0.0800.